The van der Waals surface area contributed by atoms with E-state index in [9.17, 15) is 9.90 Å². The molecular formula is C20H17Cl2NO2. The summed E-state index contributed by atoms with van der Waals surface area (Å²) >= 11 is 12.0. The molecule has 0 amide bonds. The summed E-state index contributed by atoms with van der Waals surface area (Å²) in [5, 5.41) is 11.1. The molecule has 1 heterocycles. The molecule has 3 nitrogen and oxygen atoms in total. The van der Waals surface area contributed by atoms with E-state index in [1.54, 1.807) is 24.3 Å². The fourth-order valence-corrected chi connectivity index (χ4v) is 2.97. The summed E-state index contributed by atoms with van der Waals surface area (Å²) in [5.74, 6) is -0.986. The highest BCUT2D eigenvalue weighted by molar-refractivity contribution is 6.42. The maximum atomic E-state index is 11.8. The van der Waals surface area contributed by atoms with E-state index in [0.717, 1.165) is 11.1 Å². The molecule has 1 aromatic heterocycles. The number of fused-ring (bicyclic) bond motifs is 1. The van der Waals surface area contributed by atoms with Gasteiger partial charge in [-0.05, 0) is 41.3 Å². The van der Waals surface area contributed by atoms with E-state index in [1.165, 1.54) is 0 Å². The number of benzene rings is 2. The van der Waals surface area contributed by atoms with Crippen LogP contribution in [0.3, 0.4) is 0 Å². The zero-order valence-corrected chi connectivity index (χ0v) is 15.6. The van der Waals surface area contributed by atoms with Crippen molar-refractivity contribution in [2.45, 2.75) is 26.2 Å². The average molecular weight is 374 g/mol. The number of aromatic carboxylic acids is 1. The Bertz CT molecular complexity index is 991. The van der Waals surface area contributed by atoms with Crippen LogP contribution in [0.15, 0.2) is 42.5 Å². The Morgan fingerprint density at radius 1 is 1.00 bits per heavy atom. The third-order valence-corrected chi connectivity index (χ3v) is 4.86. The molecule has 0 atom stereocenters. The first-order valence-corrected chi connectivity index (χ1v) is 8.56. The van der Waals surface area contributed by atoms with E-state index in [-0.39, 0.29) is 11.0 Å². The molecule has 0 aliphatic rings. The first kappa shape index (κ1) is 17.7. The third kappa shape index (κ3) is 3.48. The smallest absolute Gasteiger partial charge is 0.336 e. The van der Waals surface area contributed by atoms with Gasteiger partial charge in [-0.15, -0.1) is 0 Å². The zero-order chi connectivity index (χ0) is 18.4. The first-order valence-electron chi connectivity index (χ1n) is 7.81. The number of pyridine rings is 1. The Labute approximate surface area is 156 Å². The molecule has 0 radical (unpaired) electrons. The molecular weight excluding hydrogens is 357 g/mol. The molecule has 0 aliphatic heterocycles. The van der Waals surface area contributed by atoms with Gasteiger partial charge in [-0.1, -0.05) is 56.1 Å². The lowest BCUT2D eigenvalue weighted by Crippen LogP contribution is -2.11. The number of carboxylic acids is 1. The van der Waals surface area contributed by atoms with Crippen molar-refractivity contribution in [1.29, 1.82) is 0 Å². The van der Waals surface area contributed by atoms with Gasteiger partial charge in [0.05, 0.1) is 26.8 Å². The molecule has 5 heteroatoms. The number of hydrogen-bond donors (Lipinski definition) is 1. The molecule has 0 unspecified atom stereocenters. The van der Waals surface area contributed by atoms with E-state index < -0.39 is 5.97 Å². The van der Waals surface area contributed by atoms with Crippen molar-refractivity contribution in [3.63, 3.8) is 0 Å². The van der Waals surface area contributed by atoms with Gasteiger partial charge < -0.3 is 5.11 Å². The summed E-state index contributed by atoms with van der Waals surface area (Å²) in [6, 6.07) is 12.5. The lowest BCUT2D eigenvalue weighted by atomic mass is 9.86. The molecule has 3 aromatic rings. The molecule has 0 saturated carbocycles. The fourth-order valence-electron chi connectivity index (χ4n) is 2.67. The highest BCUT2D eigenvalue weighted by Crippen LogP contribution is 2.32. The number of halogens is 2. The van der Waals surface area contributed by atoms with Crippen molar-refractivity contribution in [1.82, 2.24) is 4.98 Å². The van der Waals surface area contributed by atoms with Gasteiger partial charge >= 0.3 is 5.97 Å². The molecule has 128 valence electrons. The Hall–Kier alpha value is -2.10. The molecule has 0 saturated heterocycles. The number of carbonyl (C=O) groups is 1. The van der Waals surface area contributed by atoms with E-state index >= 15 is 0 Å². The monoisotopic (exact) mass is 373 g/mol. The van der Waals surface area contributed by atoms with Crippen LogP contribution >= 0.6 is 23.2 Å². The van der Waals surface area contributed by atoms with Gasteiger partial charge in [0.1, 0.15) is 0 Å². The van der Waals surface area contributed by atoms with Gasteiger partial charge in [-0.25, -0.2) is 9.78 Å². The zero-order valence-electron chi connectivity index (χ0n) is 14.1. The van der Waals surface area contributed by atoms with Crippen LogP contribution in [0.5, 0.6) is 0 Å². The number of nitrogens with zero attached hydrogens (tertiary/aromatic N) is 1. The van der Waals surface area contributed by atoms with Crippen LogP contribution in [-0.2, 0) is 5.41 Å². The molecule has 1 N–H and O–H groups in total. The summed E-state index contributed by atoms with van der Waals surface area (Å²) in [6.07, 6.45) is 0. The molecule has 0 aliphatic carbocycles. The molecule has 25 heavy (non-hydrogen) atoms. The third-order valence-electron chi connectivity index (χ3n) is 4.12. The van der Waals surface area contributed by atoms with Crippen LogP contribution in [-0.4, -0.2) is 16.1 Å². The lowest BCUT2D eigenvalue weighted by Gasteiger charge is -2.20. The van der Waals surface area contributed by atoms with E-state index in [4.69, 9.17) is 23.2 Å². The summed E-state index contributed by atoms with van der Waals surface area (Å²) in [6.45, 7) is 6.27. The van der Waals surface area contributed by atoms with Crippen molar-refractivity contribution in [2.24, 2.45) is 0 Å². The molecule has 0 fully saturated rings. The maximum Gasteiger partial charge on any atom is 0.336 e. The number of hydrogen-bond acceptors (Lipinski definition) is 2. The van der Waals surface area contributed by atoms with Gasteiger partial charge in [-0.3, -0.25) is 0 Å². The average Bonchev–Trinajstić information content (AvgIpc) is 2.54. The normalized spacial score (nSPS) is 11.7. The minimum Gasteiger partial charge on any atom is -0.478 e. The van der Waals surface area contributed by atoms with Crippen molar-refractivity contribution >= 4 is 40.1 Å². The Morgan fingerprint density at radius 3 is 2.32 bits per heavy atom. The van der Waals surface area contributed by atoms with Gasteiger partial charge in [0.15, 0.2) is 0 Å². The molecule has 2 aromatic carbocycles. The SMILES string of the molecule is CC(C)(C)c1ccc2nc(-c3ccc(Cl)c(Cl)c3)cc(C(=O)O)c2c1. The largest absolute Gasteiger partial charge is 0.478 e. The van der Waals surface area contributed by atoms with Crippen LogP contribution < -0.4 is 0 Å². The van der Waals surface area contributed by atoms with E-state index in [1.807, 2.05) is 18.2 Å². The summed E-state index contributed by atoms with van der Waals surface area (Å²) in [4.78, 5) is 16.4. The maximum absolute atomic E-state index is 11.8. The van der Waals surface area contributed by atoms with Gasteiger partial charge in [0, 0.05) is 10.9 Å². The van der Waals surface area contributed by atoms with Crippen molar-refractivity contribution in [2.75, 3.05) is 0 Å². The minimum absolute atomic E-state index is 0.0770. The van der Waals surface area contributed by atoms with Gasteiger partial charge in [0.2, 0.25) is 0 Å². The van der Waals surface area contributed by atoms with Gasteiger partial charge in [-0.2, -0.15) is 0 Å². The standard InChI is InChI=1S/C20H17Cl2NO2/c1-20(2,3)12-5-7-17-13(9-12)14(19(24)25)10-18(23-17)11-4-6-15(21)16(22)8-11/h4-10H,1-3H3,(H,24,25). The van der Waals surface area contributed by atoms with Crippen molar-refractivity contribution in [3.05, 3.63) is 63.6 Å². The second kappa shape index (κ2) is 6.32. The Morgan fingerprint density at radius 2 is 1.72 bits per heavy atom. The predicted molar refractivity (Wildman–Crippen MR) is 103 cm³/mol. The quantitative estimate of drug-likeness (QED) is 0.581. The Balaban J connectivity index is 2.26. The first-order chi connectivity index (χ1) is 11.7. The lowest BCUT2D eigenvalue weighted by molar-refractivity contribution is 0.0699. The highest BCUT2D eigenvalue weighted by atomic mass is 35.5. The van der Waals surface area contributed by atoms with Crippen LogP contribution in [0.4, 0.5) is 0 Å². The fraction of sp³-hybridized carbons (Fsp3) is 0.200. The number of aromatic nitrogens is 1. The van der Waals surface area contributed by atoms with Crippen molar-refractivity contribution < 1.29 is 9.90 Å². The van der Waals surface area contributed by atoms with Crippen LogP contribution in [0, 0.1) is 0 Å². The second-order valence-corrected chi connectivity index (χ2v) is 7.79. The summed E-state index contributed by atoms with van der Waals surface area (Å²) < 4.78 is 0. The highest BCUT2D eigenvalue weighted by Gasteiger charge is 2.18. The molecule has 0 bridgehead atoms. The Kier molecular flexibility index (Phi) is 4.48. The van der Waals surface area contributed by atoms with E-state index in [2.05, 4.69) is 25.8 Å². The van der Waals surface area contributed by atoms with E-state index in [0.29, 0.717) is 26.6 Å². The van der Waals surface area contributed by atoms with Crippen molar-refractivity contribution in [3.8, 4) is 11.3 Å². The number of carboxylic acid groups (broad SMARTS) is 1. The number of rotatable bonds is 2. The minimum atomic E-state index is -0.986. The topological polar surface area (TPSA) is 50.2 Å². The van der Waals surface area contributed by atoms with Crippen LogP contribution in [0.1, 0.15) is 36.7 Å². The predicted octanol–water partition coefficient (Wildman–Crippen LogP) is 6.20. The molecule has 0 spiro atoms. The van der Waals surface area contributed by atoms with Crippen LogP contribution in [0.25, 0.3) is 22.2 Å². The van der Waals surface area contributed by atoms with Gasteiger partial charge in [0.25, 0.3) is 0 Å². The molecule has 3 rings (SSSR count). The summed E-state index contributed by atoms with van der Waals surface area (Å²) in [5.41, 5.74) is 3.11. The second-order valence-electron chi connectivity index (χ2n) is 6.97. The summed E-state index contributed by atoms with van der Waals surface area (Å²) in [7, 11) is 0. The van der Waals surface area contributed by atoms with Crippen LogP contribution in [0.2, 0.25) is 10.0 Å².